The van der Waals surface area contributed by atoms with Gasteiger partial charge in [-0.2, -0.15) is 0 Å². The summed E-state index contributed by atoms with van der Waals surface area (Å²) in [4.78, 5) is 12.3. The zero-order chi connectivity index (χ0) is 14.1. The van der Waals surface area contributed by atoms with Crippen LogP contribution in [0, 0.1) is 6.92 Å². The molecule has 0 bridgehead atoms. The van der Waals surface area contributed by atoms with Gasteiger partial charge in [0.15, 0.2) is 0 Å². The van der Waals surface area contributed by atoms with Gasteiger partial charge < -0.3 is 11.1 Å². The van der Waals surface area contributed by atoms with Gasteiger partial charge in [0, 0.05) is 11.6 Å². The fourth-order valence-electron chi connectivity index (χ4n) is 2.82. The minimum Gasteiger partial charge on any atom is -0.344 e. The highest BCUT2D eigenvalue weighted by molar-refractivity contribution is 5.94. The summed E-state index contributed by atoms with van der Waals surface area (Å²) in [7, 11) is 0. The number of fused-ring (bicyclic) bond motifs is 1. The zero-order valence-electron chi connectivity index (χ0n) is 11.5. The zero-order valence-corrected chi connectivity index (χ0v) is 11.5. The van der Waals surface area contributed by atoms with E-state index in [-0.39, 0.29) is 18.0 Å². The second kappa shape index (κ2) is 5.10. The molecular weight excluding hydrogens is 248 g/mol. The van der Waals surface area contributed by atoms with E-state index < -0.39 is 0 Å². The van der Waals surface area contributed by atoms with Crippen LogP contribution in [0.1, 0.15) is 33.1 Å². The Morgan fingerprint density at radius 1 is 1.20 bits per heavy atom. The summed E-state index contributed by atoms with van der Waals surface area (Å²) < 4.78 is 0. The topological polar surface area (TPSA) is 55.1 Å². The lowest BCUT2D eigenvalue weighted by Crippen LogP contribution is -2.38. The highest BCUT2D eigenvalue weighted by Crippen LogP contribution is 2.30. The summed E-state index contributed by atoms with van der Waals surface area (Å²) in [5.74, 6) is -0.0640. The van der Waals surface area contributed by atoms with Gasteiger partial charge in [0.2, 0.25) is 0 Å². The van der Waals surface area contributed by atoms with E-state index in [2.05, 4.69) is 11.4 Å². The first-order valence-corrected chi connectivity index (χ1v) is 6.86. The van der Waals surface area contributed by atoms with Crippen LogP contribution in [0.2, 0.25) is 0 Å². The van der Waals surface area contributed by atoms with Gasteiger partial charge in [-0.05, 0) is 36.6 Å². The SMILES string of the molecule is Cc1cccc(C(=O)NC2c3ccccc3CC2N)c1. The maximum Gasteiger partial charge on any atom is 0.251 e. The third kappa shape index (κ3) is 2.32. The Labute approximate surface area is 118 Å². The van der Waals surface area contributed by atoms with Gasteiger partial charge >= 0.3 is 0 Å². The molecule has 3 rings (SSSR count). The van der Waals surface area contributed by atoms with Crippen molar-refractivity contribution in [2.75, 3.05) is 0 Å². The van der Waals surface area contributed by atoms with E-state index in [1.807, 2.05) is 49.4 Å². The van der Waals surface area contributed by atoms with E-state index in [0.717, 1.165) is 17.5 Å². The van der Waals surface area contributed by atoms with Crippen molar-refractivity contribution in [3.63, 3.8) is 0 Å². The van der Waals surface area contributed by atoms with Crippen molar-refractivity contribution >= 4 is 5.91 Å². The molecule has 3 N–H and O–H groups in total. The Hall–Kier alpha value is -2.13. The molecule has 3 heteroatoms. The number of hydrogen-bond acceptors (Lipinski definition) is 2. The van der Waals surface area contributed by atoms with E-state index in [1.165, 1.54) is 5.56 Å². The van der Waals surface area contributed by atoms with Crippen molar-refractivity contribution in [3.8, 4) is 0 Å². The maximum atomic E-state index is 12.3. The number of amides is 1. The van der Waals surface area contributed by atoms with Gasteiger partial charge in [-0.25, -0.2) is 0 Å². The second-order valence-electron chi connectivity index (χ2n) is 5.39. The van der Waals surface area contributed by atoms with Gasteiger partial charge in [0.25, 0.3) is 5.91 Å². The Balaban J connectivity index is 1.83. The number of benzene rings is 2. The molecule has 1 amide bonds. The smallest absolute Gasteiger partial charge is 0.251 e. The first kappa shape index (κ1) is 12.9. The molecule has 0 aromatic heterocycles. The first-order chi connectivity index (χ1) is 9.65. The molecule has 0 fully saturated rings. The molecule has 1 aliphatic carbocycles. The second-order valence-corrected chi connectivity index (χ2v) is 5.39. The van der Waals surface area contributed by atoms with Crippen molar-refractivity contribution in [2.24, 2.45) is 5.73 Å². The summed E-state index contributed by atoms with van der Waals surface area (Å²) in [6.07, 6.45) is 0.814. The Bertz CT molecular complexity index is 651. The first-order valence-electron chi connectivity index (χ1n) is 6.86. The molecule has 0 aliphatic heterocycles. The lowest BCUT2D eigenvalue weighted by Gasteiger charge is -2.19. The highest BCUT2D eigenvalue weighted by Gasteiger charge is 2.30. The lowest BCUT2D eigenvalue weighted by atomic mass is 10.1. The molecular formula is C17H18N2O. The summed E-state index contributed by atoms with van der Waals surface area (Å²) in [6, 6.07) is 15.6. The minimum atomic E-state index is -0.0980. The summed E-state index contributed by atoms with van der Waals surface area (Å²) in [6.45, 7) is 1.98. The van der Waals surface area contributed by atoms with Gasteiger partial charge in [-0.1, -0.05) is 42.0 Å². The largest absolute Gasteiger partial charge is 0.344 e. The minimum absolute atomic E-state index is 0.0545. The van der Waals surface area contributed by atoms with Crippen LogP contribution in [0.15, 0.2) is 48.5 Å². The average Bonchev–Trinajstić information content (AvgIpc) is 2.75. The third-order valence-corrected chi connectivity index (χ3v) is 3.84. The third-order valence-electron chi connectivity index (χ3n) is 3.84. The number of carbonyl (C=O) groups excluding carboxylic acids is 1. The van der Waals surface area contributed by atoms with Crippen LogP contribution in [-0.4, -0.2) is 11.9 Å². The molecule has 2 unspecified atom stereocenters. The van der Waals surface area contributed by atoms with E-state index in [0.29, 0.717) is 5.56 Å². The van der Waals surface area contributed by atoms with Crippen molar-refractivity contribution in [3.05, 3.63) is 70.8 Å². The van der Waals surface area contributed by atoms with Crippen LogP contribution in [0.25, 0.3) is 0 Å². The number of hydrogen-bond donors (Lipinski definition) is 2. The molecule has 0 spiro atoms. The van der Waals surface area contributed by atoms with Crippen molar-refractivity contribution < 1.29 is 4.79 Å². The van der Waals surface area contributed by atoms with Crippen molar-refractivity contribution in [1.29, 1.82) is 0 Å². The van der Waals surface area contributed by atoms with Gasteiger partial charge in [-0.15, -0.1) is 0 Å². The molecule has 2 atom stereocenters. The number of nitrogens with one attached hydrogen (secondary N) is 1. The molecule has 0 radical (unpaired) electrons. The average molecular weight is 266 g/mol. The molecule has 0 saturated carbocycles. The number of carbonyl (C=O) groups is 1. The number of aryl methyl sites for hydroxylation is 1. The Morgan fingerprint density at radius 2 is 2.00 bits per heavy atom. The van der Waals surface area contributed by atoms with Gasteiger partial charge in [-0.3, -0.25) is 4.79 Å². The van der Waals surface area contributed by atoms with Crippen molar-refractivity contribution in [1.82, 2.24) is 5.32 Å². The lowest BCUT2D eigenvalue weighted by molar-refractivity contribution is 0.0933. The van der Waals surface area contributed by atoms with Gasteiger partial charge in [0.05, 0.1) is 6.04 Å². The van der Waals surface area contributed by atoms with Crippen molar-refractivity contribution in [2.45, 2.75) is 25.4 Å². The standard InChI is InChI=1S/C17H18N2O/c1-11-5-4-7-13(9-11)17(20)19-16-14-8-3-2-6-12(14)10-15(16)18/h2-9,15-16H,10,18H2,1H3,(H,19,20). The molecule has 3 nitrogen and oxygen atoms in total. The Kier molecular flexibility index (Phi) is 3.28. The maximum absolute atomic E-state index is 12.3. The number of nitrogens with two attached hydrogens (primary N) is 1. The molecule has 20 heavy (non-hydrogen) atoms. The molecule has 1 aliphatic rings. The normalized spacial score (nSPS) is 20.5. The fraction of sp³-hybridized carbons (Fsp3) is 0.235. The predicted octanol–water partition coefficient (Wildman–Crippen LogP) is 2.35. The Morgan fingerprint density at radius 3 is 2.80 bits per heavy atom. The predicted molar refractivity (Wildman–Crippen MR) is 79.5 cm³/mol. The van der Waals surface area contributed by atoms with E-state index in [9.17, 15) is 4.79 Å². The molecule has 2 aromatic carbocycles. The highest BCUT2D eigenvalue weighted by atomic mass is 16.1. The monoisotopic (exact) mass is 266 g/mol. The molecule has 0 saturated heterocycles. The summed E-state index contributed by atoms with van der Waals surface area (Å²) in [5, 5.41) is 3.06. The van der Waals surface area contributed by atoms with Crippen LogP contribution < -0.4 is 11.1 Å². The quantitative estimate of drug-likeness (QED) is 0.876. The molecule has 102 valence electrons. The van der Waals surface area contributed by atoms with E-state index >= 15 is 0 Å². The molecule has 0 heterocycles. The fourth-order valence-corrected chi connectivity index (χ4v) is 2.82. The van der Waals surface area contributed by atoms with Crippen LogP contribution in [0.5, 0.6) is 0 Å². The summed E-state index contributed by atoms with van der Waals surface area (Å²) >= 11 is 0. The van der Waals surface area contributed by atoms with E-state index in [1.54, 1.807) is 0 Å². The van der Waals surface area contributed by atoms with Crippen LogP contribution in [0.4, 0.5) is 0 Å². The van der Waals surface area contributed by atoms with Gasteiger partial charge in [0.1, 0.15) is 0 Å². The van der Waals surface area contributed by atoms with Crippen LogP contribution >= 0.6 is 0 Å². The van der Waals surface area contributed by atoms with E-state index in [4.69, 9.17) is 5.73 Å². The van der Waals surface area contributed by atoms with Crippen LogP contribution in [0.3, 0.4) is 0 Å². The van der Waals surface area contributed by atoms with Crippen LogP contribution in [-0.2, 0) is 6.42 Å². The number of rotatable bonds is 2. The summed E-state index contributed by atoms with van der Waals surface area (Å²) in [5.41, 5.74) is 10.3. The molecule has 2 aromatic rings.